The third-order valence-electron chi connectivity index (χ3n) is 3.34. The lowest BCUT2D eigenvalue weighted by Gasteiger charge is -2.54. The van der Waals surface area contributed by atoms with Gasteiger partial charge in [-0.05, 0) is 51.6 Å². The van der Waals surface area contributed by atoms with Gasteiger partial charge in [-0.15, -0.1) is 0 Å². The number of hydrogen-bond donors (Lipinski definition) is 0. The van der Waals surface area contributed by atoms with Crippen molar-refractivity contribution in [3.8, 4) is 0 Å². The summed E-state index contributed by atoms with van der Waals surface area (Å²) < 4.78 is 13.3. The Morgan fingerprint density at radius 1 is 1.33 bits per heavy atom. The standard InChI is InChI=1S/C10H18FN/c1-9(11)6-10(7-9)4-3-5-12(2)8-10/h3-8H2,1-2H3. The molecule has 70 valence electrons. The van der Waals surface area contributed by atoms with Crippen LogP contribution in [0.1, 0.15) is 32.6 Å². The predicted molar refractivity (Wildman–Crippen MR) is 47.9 cm³/mol. The van der Waals surface area contributed by atoms with Crippen molar-refractivity contribution in [3.05, 3.63) is 0 Å². The number of hydrogen-bond acceptors (Lipinski definition) is 1. The zero-order valence-corrected chi connectivity index (χ0v) is 8.07. The Morgan fingerprint density at radius 2 is 2.00 bits per heavy atom. The summed E-state index contributed by atoms with van der Waals surface area (Å²) in [5.74, 6) is 0. The van der Waals surface area contributed by atoms with Crippen LogP contribution in [0.3, 0.4) is 0 Å². The second-order valence-electron chi connectivity index (χ2n) is 5.11. The Morgan fingerprint density at radius 3 is 2.50 bits per heavy atom. The summed E-state index contributed by atoms with van der Waals surface area (Å²) in [5, 5.41) is 0. The van der Waals surface area contributed by atoms with Gasteiger partial charge in [-0.1, -0.05) is 0 Å². The van der Waals surface area contributed by atoms with Crippen molar-refractivity contribution in [2.75, 3.05) is 20.1 Å². The van der Waals surface area contributed by atoms with Crippen molar-refractivity contribution in [1.29, 1.82) is 0 Å². The molecular formula is C10H18FN. The van der Waals surface area contributed by atoms with E-state index in [1.54, 1.807) is 6.92 Å². The fourth-order valence-electron chi connectivity index (χ4n) is 3.26. The van der Waals surface area contributed by atoms with Crippen molar-refractivity contribution in [3.63, 3.8) is 0 Å². The van der Waals surface area contributed by atoms with E-state index in [9.17, 15) is 4.39 Å². The highest BCUT2D eigenvalue weighted by Gasteiger charge is 2.53. The van der Waals surface area contributed by atoms with Gasteiger partial charge < -0.3 is 4.90 Å². The van der Waals surface area contributed by atoms with Crippen LogP contribution in [0, 0.1) is 5.41 Å². The van der Waals surface area contributed by atoms with Crippen LogP contribution in [0.5, 0.6) is 0 Å². The van der Waals surface area contributed by atoms with Gasteiger partial charge in [0.2, 0.25) is 0 Å². The number of likely N-dealkylation sites (tertiary alicyclic amines) is 1. The Hall–Kier alpha value is -0.110. The lowest BCUT2D eigenvalue weighted by molar-refractivity contribution is -0.0896. The average Bonchev–Trinajstić information content (AvgIpc) is 1.81. The van der Waals surface area contributed by atoms with E-state index in [1.165, 1.54) is 19.4 Å². The predicted octanol–water partition coefficient (Wildman–Crippen LogP) is 2.22. The number of halogens is 1. The number of piperidine rings is 1. The molecule has 0 N–H and O–H groups in total. The Bertz CT molecular complexity index is 175. The van der Waals surface area contributed by atoms with Gasteiger partial charge in [0, 0.05) is 6.54 Å². The van der Waals surface area contributed by atoms with Gasteiger partial charge in [0.25, 0.3) is 0 Å². The maximum atomic E-state index is 13.3. The van der Waals surface area contributed by atoms with Crippen LogP contribution in [-0.4, -0.2) is 30.7 Å². The van der Waals surface area contributed by atoms with E-state index in [4.69, 9.17) is 0 Å². The topological polar surface area (TPSA) is 3.24 Å². The first-order valence-corrected chi connectivity index (χ1v) is 4.89. The van der Waals surface area contributed by atoms with Crippen LogP contribution < -0.4 is 0 Å². The van der Waals surface area contributed by atoms with E-state index in [0.29, 0.717) is 5.41 Å². The molecule has 12 heavy (non-hydrogen) atoms. The maximum absolute atomic E-state index is 13.3. The molecule has 1 aliphatic heterocycles. The third-order valence-corrected chi connectivity index (χ3v) is 3.34. The molecule has 0 amide bonds. The summed E-state index contributed by atoms with van der Waals surface area (Å²) in [7, 11) is 2.15. The number of rotatable bonds is 0. The summed E-state index contributed by atoms with van der Waals surface area (Å²) in [5.41, 5.74) is -0.491. The molecule has 2 rings (SSSR count). The van der Waals surface area contributed by atoms with Crippen molar-refractivity contribution in [2.24, 2.45) is 5.41 Å². The van der Waals surface area contributed by atoms with Gasteiger partial charge in [0.05, 0.1) is 0 Å². The van der Waals surface area contributed by atoms with Crippen LogP contribution >= 0.6 is 0 Å². The normalized spacial score (nSPS) is 49.2. The van der Waals surface area contributed by atoms with Crippen molar-refractivity contribution < 1.29 is 4.39 Å². The van der Waals surface area contributed by atoms with Crippen LogP contribution in [0.25, 0.3) is 0 Å². The van der Waals surface area contributed by atoms with Crippen molar-refractivity contribution in [2.45, 2.75) is 38.3 Å². The molecule has 1 heterocycles. The smallest absolute Gasteiger partial charge is 0.109 e. The second kappa shape index (κ2) is 2.44. The maximum Gasteiger partial charge on any atom is 0.109 e. The Balaban J connectivity index is 1.96. The molecule has 1 saturated carbocycles. The highest BCUT2D eigenvalue weighted by atomic mass is 19.1. The zero-order valence-electron chi connectivity index (χ0n) is 8.07. The Labute approximate surface area is 73.9 Å². The minimum absolute atomic E-state index is 0.358. The molecule has 0 aromatic heterocycles. The lowest BCUT2D eigenvalue weighted by atomic mass is 9.57. The van der Waals surface area contributed by atoms with Gasteiger partial charge in [-0.3, -0.25) is 0 Å². The van der Waals surface area contributed by atoms with E-state index in [-0.39, 0.29) is 0 Å². The van der Waals surface area contributed by atoms with Gasteiger partial charge in [0.15, 0.2) is 0 Å². The zero-order chi connectivity index (χ0) is 8.82. The quantitative estimate of drug-likeness (QED) is 0.540. The minimum Gasteiger partial charge on any atom is -0.306 e. The molecular weight excluding hydrogens is 153 g/mol. The van der Waals surface area contributed by atoms with E-state index in [2.05, 4.69) is 11.9 Å². The fraction of sp³-hybridized carbons (Fsp3) is 1.00. The van der Waals surface area contributed by atoms with Crippen molar-refractivity contribution in [1.82, 2.24) is 4.90 Å². The molecule has 0 radical (unpaired) electrons. The molecule has 2 heteroatoms. The minimum atomic E-state index is -0.849. The Kier molecular flexibility index (Phi) is 1.73. The molecule has 1 spiro atoms. The third kappa shape index (κ3) is 1.37. The summed E-state index contributed by atoms with van der Waals surface area (Å²) in [6.07, 6.45) is 4.10. The average molecular weight is 171 g/mol. The summed E-state index contributed by atoms with van der Waals surface area (Å²) in [6.45, 7) is 4.06. The monoisotopic (exact) mass is 171 g/mol. The van der Waals surface area contributed by atoms with Gasteiger partial charge in [0.1, 0.15) is 5.67 Å². The SMILES string of the molecule is CN1CCCC2(C1)CC(C)(F)C2. The summed E-state index contributed by atoms with van der Waals surface area (Å²) in [6, 6.07) is 0. The highest BCUT2D eigenvalue weighted by Crippen LogP contribution is 2.54. The molecule has 0 unspecified atom stereocenters. The van der Waals surface area contributed by atoms with Crippen LogP contribution in [0.4, 0.5) is 4.39 Å². The summed E-state index contributed by atoms with van der Waals surface area (Å²) in [4.78, 5) is 2.35. The van der Waals surface area contributed by atoms with E-state index in [1.807, 2.05) is 0 Å². The molecule has 0 bridgehead atoms. The summed E-state index contributed by atoms with van der Waals surface area (Å²) >= 11 is 0. The van der Waals surface area contributed by atoms with Crippen molar-refractivity contribution >= 4 is 0 Å². The first-order valence-electron chi connectivity index (χ1n) is 4.89. The highest BCUT2D eigenvalue weighted by molar-refractivity contribution is 5.04. The van der Waals surface area contributed by atoms with Gasteiger partial charge >= 0.3 is 0 Å². The molecule has 1 saturated heterocycles. The molecule has 0 aromatic rings. The molecule has 0 atom stereocenters. The van der Waals surface area contributed by atoms with Crippen LogP contribution in [0.15, 0.2) is 0 Å². The van der Waals surface area contributed by atoms with E-state index < -0.39 is 5.67 Å². The molecule has 1 nitrogen and oxygen atoms in total. The lowest BCUT2D eigenvalue weighted by Crippen LogP contribution is -2.54. The first kappa shape index (κ1) is 8.49. The first-order chi connectivity index (χ1) is 5.52. The van der Waals surface area contributed by atoms with E-state index >= 15 is 0 Å². The number of alkyl halides is 1. The second-order valence-corrected chi connectivity index (χ2v) is 5.11. The molecule has 1 aliphatic carbocycles. The largest absolute Gasteiger partial charge is 0.306 e. The van der Waals surface area contributed by atoms with Crippen LogP contribution in [-0.2, 0) is 0 Å². The fourth-order valence-corrected chi connectivity index (χ4v) is 3.26. The van der Waals surface area contributed by atoms with Gasteiger partial charge in [-0.2, -0.15) is 0 Å². The van der Waals surface area contributed by atoms with E-state index in [0.717, 1.165) is 19.4 Å². The molecule has 2 fully saturated rings. The van der Waals surface area contributed by atoms with Gasteiger partial charge in [-0.25, -0.2) is 4.39 Å². The number of nitrogens with zero attached hydrogens (tertiary/aromatic N) is 1. The molecule has 2 aliphatic rings. The molecule has 0 aromatic carbocycles. The van der Waals surface area contributed by atoms with Crippen LogP contribution in [0.2, 0.25) is 0 Å².